The first kappa shape index (κ1) is 29.8. The molecule has 17 nitrogen and oxygen atoms in total. The minimum absolute atomic E-state index is 0.172. The number of phosphoric ester groups is 1. The number of fused-ring (bicyclic) bond motifs is 2. The molecule has 3 fully saturated rings. The third kappa shape index (κ3) is 4.90. The minimum atomic E-state index is -5.01. The van der Waals surface area contributed by atoms with E-state index in [0.29, 0.717) is 0 Å². The summed E-state index contributed by atoms with van der Waals surface area (Å²) in [7, 11) is -5.01. The van der Waals surface area contributed by atoms with Crippen LogP contribution in [0.2, 0.25) is 0 Å². The fourth-order valence-corrected chi connectivity index (χ4v) is 7.26. The molecule has 0 aromatic carbocycles. The second-order valence-corrected chi connectivity index (χ2v) is 12.0. The van der Waals surface area contributed by atoms with Gasteiger partial charge in [-0.1, -0.05) is 6.92 Å². The molecule has 2 aromatic rings. The summed E-state index contributed by atoms with van der Waals surface area (Å²) in [6, 6.07) is 0. The SMILES string of the molecule is Cc1cn([C@@H]2O[C@@]3(CO)[C@H](OP(=O)(O)O[C@H]4C[C@H](n5cc(C)c(=O)[nH]c5=O)O[C@@H]4CO)C(C)C2[C@@H]3O)c(=O)[nH]c1=O. The highest BCUT2D eigenvalue weighted by atomic mass is 31.2. The zero-order valence-electron chi connectivity index (χ0n) is 22.2. The number of ether oxygens (including phenoxy) is 2. The van der Waals surface area contributed by atoms with Crippen LogP contribution < -0.4 is 22.5 Å². The number of nitrogens with zero attached hydrogens (tertiary/aromatic N) is 2. The summed E-state index contributed by atoms with van der Waals surface area (Å²) in [4.78, 5) is 63.3. The van der Waals surface area contributed by atoms with Gasteiger partial charge >= 0.3 is 19.2 Å². The lowest BCUT2D eigenvalue weighted by Gasteiger charge is -2.40. The lowest BCUT2D eigenvalue weighted by atomic mass is 9.92. The minimum Gasteiger partial charge on any atom is -0.394 e. The van der Waals surface area contributed by atoms with E-state index in [2.05, 4.69) is 9.97 Å². The maximum Gasteiger partial charge on any atom is 0.472 e. The first-order valence-corrected chi connectivity index (χ1v) is 14.3. The van der Waals surface area contributed by atoms with Crippen LogP contribution in [0, 0.1) is 25.7 Å². The van der Waals surface area contributed by atoms with E-state index in [1.807, 2.05) is 0 Å². The number of aliphatic hydroxyl groups is 3. The molecule has 4 heterocycles. The van der Waals surface area contributed by atoms with Crippen LogP contribution in [0.1, 0.15) is 36.9 Å². The second kappa shape index (κ2) is 10.5. The standard InChI is InChI=1S/C23H31N4O13P/c1-9-5-26(21(33)24-18(9)31)14-4-12(13(7-28)37-14)39-41(35,36)40-17-11(3)15-16(30)23(17,8-29)38-20(15)27-6-10(2)19(32)25-22(27)34/h5-6,11-17,20,28-30H,4,7-8H2,1-3H3,(H,35,36)(H,24,31,33)(H,25,32,34)/t11?,12-,13+,14+,15?,16-,17+,20+,23+/m0/s1. The Labute approximate surface area is 230 Å². The molecule has 6 N–H and O–H groups in total. The van der Waals surface area contributed by atoms with Crippen molar-refractivity contribution in [2.45, 2.75) is 69.7 Å². The third-order valence-corrected chi connectivity index (χ3v) is 9.13. The molecule has 41 heavy (non-hydrogen) atoms. The van der Waals surface area contributed by atoms with Crippen molar-refractivity contribution in [3.63, 3.8) is 0 Å². The number of hydrogen-bond donors (Lipinski definition) is 6. The van der Waals surface area contributed by atoms with E-state index in [1.165, 1.54) is 26.2 Å². The van der Waals surface area contributed by atoms with Gasteiger partial charge in [0, 0.05) is 35.9 Å². The van der Waals surface area contributed by atoms with Gasteiger partial charge in [0.25, 0.3) is 11.1 Å². The Morgan fingerprint density at radius 3 is 2.22 bits per heavy atom. The van der Waals surface area contributed by atoms with Crippen LogP contribution in [-0.2, 0) is 23.1 Å². The van der Waals surface area contributed by atoms with Crippen LogP contribution in [0.15, 0.2) is 31.6 Å². The number of rotatable bonds is 8. The number of aromatic nitrogens is 4. The van der Waals surface area contributed by atoms with Gasteiger partial charge in [0.1, 0.15) is 36.4 Å². The number of nitrogens with one attached hydrogen (secondary N) is 2. The van der Waals surface area contributed by atoms with Crippen molar-refractivity contribution >= 4 is 7.82 Å². The van der Waals surface area contributed by atoms with Gasteiger partial charge in [-0.05, 0) is 19.8 Å². The molecule has 3 aliphatic rings. The zero-order chi connectivity index (χ0) is 30.0. The maximum absolute atomic E-state index is 13.2. The first-order valence-electron chi connectivity index (χ1n) is 12.8. The van der Waals surface area contributed by atoms with E-state index < -0.39 is 97.8 Å². The van der Waals surface area contributed by atoms with Crippen molar-refractivity contribution in [2.75, 3.05) is 13.2 Å². The average Bonchev–Trinajstić information content (AvgIpc) is 3.49. The quantitative estimate of drug-likeness (QED) is 0.175. The number of aliphatic hydroxyl groups excluding tert-OH is 3. The van der Waals surface area contributed by atoms with E-state index in [4.69, 9.17) is 18.5 Å². The van der Waals surface area contributed by atoms with Gasteiger partial charge in [0.2, 0.25) is 0 Å². The van der Waals surface area contributed by atoms with Gasteiger partial charge < -0.3 is 29.7 Å². The zero-order valence-corrected chi connectivity index (χ0v) is 23.1. The average molecular weight is 602 g/mol. The fraction of sp³-hybridized carbons (Fsp3) is 0.652. The monoisotopic (exact) mass is 602 g/mol. The van der Waals surface area contributed by atoms with Gasteiger partial charge in [0.05, 0.1) is 19.3 Å². The van der Waals surface area contributed by atoms with Crippen LogP contribution in [0.4, 0.5) is 0 Å². The van der Waals surface area contributed by atoms with Gasteiger partial charge in [-0.15, -0.1) is 0 Å². The van der Waals surface area contributed by atoms with Crippen molar-refractivity contribution in [1.29, 1.82) is 0 Å². The molecular formula is C23H31N4O13P. The van der Waals surface area contributed by atoms with Gasteiger partial charge in [-0.3, -0.25) is 37.7 Å². The Balaban J connectivity index is 1.36. The van der Waals surface area contributed by atoms with E-state index in [9.17, 15) is 44.0 Å². The summed E-state index contributed by atoms with van der Waals surface area (Å²) in [5.41, 5.74) is -4.29. The predicted molar refractivity (Wildman–Crippen MR) is 136 cm³/mol. The lowest BCUT2D eigenvalue weighted by Crippen LogP contribution is -2.53. The third-order valence-electron chi connectivity index (χ3n) is 8.10. The van der Waals surface area contributed by atoms with Crippen LogP contribution in [-0.4, -0.2) is 82.5 Å². The van der Waals surface area contributed by atoms with Crippen LogP contribution >= 0.6 is 7.82 Å². The van der Waals surface area contributed by atoms with Crippen LogP contribution in [0.5, 0.6) is 0 Å². The molecule has 1 saturated carbocycles. The van der Waals surface area contributed by atoms with Gasteiger partial charge in [0.15, 0.2) is 0 Å². The molecule has 2 aliphatic heterocycles. The van der Waals surface area contributed by atoms with Gasteiger partial charge in [-0.25, -0.2) is 14.2 Å². The summed E-state index contributed by atoms with van der Waals surface area (Å²) in [5, 5.41) is 31.2. The predicted octanol–water partition coefficient (Wildman–Crippen LogP) is -2.26. The van der Waals surface area contributed by atoms with Crippen molar-refractivity contribution in [1.82, 2.24) is 19.1 Å². The number of phosphoric acid groups is 1. The van der Waals surface area contributed by atoms with E-state index in [0.717, 1.165) is 9.13 Å². The summed E-state index contributed by atoms with van der Waals surface area (Å²) < 4.78 is 37.7. The van der Waals surface area contributed by atoms with E-state index in [-0.39, 0.29) is 17.5 Å². The Bertz CT molecular complexity index is 1620. The molecule has 18 heteroatoms. The Hall–Kier alpha value is -2.73. The molecule has 0 spiro atoms. The normalized spacial score (nSPS) is 36.1. The molecule has 1 aliphatic carbocycles. The Morgan fingerprint density at radius 2 is 1.63 bits per heavy atom. The highest BCUT2D eigenvalue weighted by molar-refractivity contribution is 7.47. The van der Waals surface area contributed by atoms with E-state index in [1.54, 1.807) is 6.92 Å². The molecular weight excluding hydrogens is 571 g/mol. The summed E-state index contributed by atoms with van der Waals surface area (Å²) >= 11 is 0. The molecule has 0 radical (unpaired) electrons. The summed E-state index contributed by atoms with van der Waals surface area (Å²) in [6.45, 7) is 3.03. The molecule has 0 amide bonds. The molecule has 226 valence electrons. The highest BCUT2D eigenvalue weighted by Crippen LogP contribution is 2.61. The lowest BCUT2D eigenvalue weighted by molar-refractivity contribution is -0.202. The van der Waals surface area contributed by atoms with E-state index >= 15 is 0 Å². The van der Waals surface area contributed by atoms with Crippen molar-refractivity contribution < 1.29 is 43.3 Å². The topological polar surface area (TPSA) is 245 Å². The van der Waals surface area contributed by atoms with Crippen molar-refractivity contribution in [2.24, 2.45) is 11.8 Å². The fourth-order valence-electron chi connectivity index (χ4n) is 5.99. The van der Waals surface area contributed by atoms with Crippen LogP contribution in [0.25, 0.3) is 0 Å². The number of aryl methyl sites for hydroxylation is 2. The number of aromatic amines is 2. The first-order chi connectivity index (χ1) is 19.2. The smallest absolute Gasteiger partial charge is 0.394 e. The Kier molecular flexibility index (Phi) is 7.63. The highest BCUT2D eigenvalue weighted by Gasteiger charge is 2.70. The number of H-pyrrole nitrogens is 2. The summed E-state index contributed by atoms with van der Waals surface area (Å²) in [6.07, 6.45) is -5.03. The maximum atomic E-state index is 13.2. The molecule has 2 saturated heterocycles. The second-order valence-electron chi connectivity index (χ2n) is 10.6. The largest absolute Gasteiger partial charge is 0.472 e. The molecule has 3 unspecified atom stereocenters. The van der Waals surface area contributed by atoms with Crippen molar-refractivity contribution in [3.05, 3.63) is 65.2 Å². The Morgan fingerprint density at radius 1 is 1.05 bits per heavy atom. The number of hydrogen-bond acceptors (Lipinski definition) is 12. The van der Waals surface area contributed by atoms with Crippen LogP contribution in [0.3, 0.4) is 0 Å². The van der Waals surface area contributed by atoms with Crippen molar-refractivity contribution in [3.8, 4) is 0 Å². The molecule has 2 bridgehead atoms. The summed E-state index contributed by atoms with van der Waals surface area (Å²) in [5.74, 6) is -1.65. The molecule has 5 rings (SSSR count). The van der Waals surface area contributed by atoms with Gasteiger partial charge in [-0.2, -0.15) is 0 Å². The molecule has 2 aromatic heterocycles. The molecule has 10 atom stereocenters.